The first-order valence-electron chi connectivity index (χ1n) is 5.89. The van der Waals surface area contributed by atoms with Crippen LogP contribution in [-0.4, -0.2) is 11.8 Å². The van der Waals surface area contributed by atoms with Crippen molar-refractivity contribution in [2.24, 2.45) is 5.73 Å². The molecule has 0 spiro atoms. The average Bonchev–Trinajstić information content (AvgIpc) is 2.46. The second kappa shape index (κ2) is 5.82. The minimum absolute atomic E-state index is 0.148. The van der Waals surface area contributed by atoms with E-state index < -0.39 is 5.91 Å². The van der Waals surface area contributed by atoms with Crippen LogP contribution in [0.5, 0.6) is 0 Å². The normalized spacial score (nSPS) is 9.89. The van der Waals surface area contributed by atoms with Crippen LogP contribution >= 0.6 is 0 Å². The third-order valence-electron chi connectivity index (χ3n) is 2.70. The van der Waals surface area contributed by atoms with Gasteiger partial charge in [-0.25, -0.2) is 0 Å². The summed E-state index contributed by atoms with van der Waals surface area (Å²) in [5, 5.41) is 2.79. The minimum Gasteiger partial charge on any atom is -0.366 e. The zero-order valence-electron chi connectivity index (χ0n) is 10.3. The molecule has 0 heterocycles. The molecule has 2 aromatic rings. The molecule has 4 heteroatoms. The molecule has 96 valence electrons. The van der Waals surface area contributed by atoms with E-state index in [1.54, 1.807) is 30.3 Å². The smallest absolute Gasteiger partial charge is 0.251 e. The van der Waals surface area contributed by atoms with Crippen molar-refractivity contribution in [2.75, 3.05) is 0 Å². The second-order valence-corrected chi connectivity index (χ2v) is 4.11. The van der Waals surface area contributed by atoms with Crippen LogP contribution in [0.15, 0.2) is 54.6 Å². The molecular weight excluding hydrogens is 240 g/mol. The summed E-state index contributed by atoms with van der Waals surface area (Å²) in [7, 11) is 0. The number of primary amides is 1. The van der Waals surface area contributed by atoms with Crippen molar-refractivity contribution < 1.29 is 9.59 Å². The molecule has 3 N–H and O–H groups in total. The average molecular weight is 254 g/mol. The molecule has 0 saturated carbocycles. The third kappa shape index (κ3) is 3.42. The molecule has 2 amide bonds. The summed E-state index contributed by atoms with van der Waals surface area (Å²) < 4.78 is 0. The van der Waals surface area contributed by atoms with Gasteiger partial charge in [0.25, 0.3) is 5.91 Å². The molecule has 2 rings (SSSR count). The number of hydrogen-bond donors (Lipinski definition) is 2. The lowest BCUT2D eigenvalue weighted by Crippen LogP contribution is -2.23. The summed E-state index contributed by atoms with van der Waals surface area (Å²) in [6.07, 6.45) is 0. The van der Waals surface area contributed by atoms with Crippen LogP contribution in [0.4, 0.5) is 0 Å². The second-order valence-electron chi connectivity index (χ2n) is 4.11. The van der Waals surface area contributed by atoms with Gasteiger partial charge >= 0.3 is 0 Å². The molecule has 0 aliphatic carbocycles. The van der Waals surface area contributed by atoms with E-state index in [4.69, 9.17) is 5.73 Å². The fourth-order valence-corrected chi connectivity index (χ4v) is 1.71. The van der Waals surface area contributed by atoms with Crippen molar-refractivity contribution in [3.63, 3.8) is 0 Å². The van der Waals surface area contributed by atoms with Gasteiger partial charge in [-0.2, -0.15) is 0 Å². The van der Waals surface area contributed by atoms with Crippen LogP contribution in [0.3, 0.4) is 0 Å². The first kappa shape index (κ1) is 12.8. The largest absolute Gasteiger partial charge is 0.366 e. The van der Waals surface area contributed by atoms with Gasteiger partial charge in [0.15, 0.2) is 0 Å². The van der Waals surface area contributed by atoms with Gasteiger partial charge in [0.1, 0.15) is 0 Å². The minimum atomic E-state index is -0.476. The van der Waals surface area contributed by atoms with Crippen molar-refractivity contribution >= 4 is 11.8 Å². The predicted octanol–water partition coefficient (Wildman–Crippen LogP) is 1.72. The van der Waals surface area contributed by atoms with Crippen LogP contribution in [0.1, 0.15) is 26.3 Å². The van der Waals surface area contributed by atoms with Crippen LogP contribution in [0, 0.1) is 0 Å². The van der Waals surface area contributed by atoms with Gasteiger partial charge in [0, 0.05) is 17.7 Å². The van der Waals surface area contributed by atoms with Gasteiger partial charge in [0.2, 0.25) is 5.91 Å². The van der Waals surface area contributed by atoms with Crippen LogP contribution < -0.4 is 11.1 Å². The molecule has 0 radical (unpaired) electrons. The molecule has 0 bridgehead atoms. The Morgan fingerprint density at radius 1 is 0.947 bits per heavy atom. The maximum Gasteiger partial charge on any atom is 0.251 e. The highest BCUT2D eigenvalue weighted by atomic mass is 16.2. The first-order valence-corrected chi connectivity index (χ1v) is 5.89. The Bertz CT molecular complexity index is 594. The molecule has 0 aliphatic heterocycles. The standard InChI is InChI=1S/C15H14N2O2/c16-14(18)13-8-4-5-11(9-13)10-17-15(19)12-6-2-1-3-7-12/h1-9H,10H2,(H2,16,18)(H,17,19). The number of carbonyl (C=O) groups excluding carboxylic acids is 2. The van der Waals surface area contributed by atoms with Crippen molar-refractivity contribution in [1.82, 2.24) is 5.32 Å². The monoisotopic (exact) mass is 254 g/mol. The van der Waals surface area contributed by atoms with E-state index in [2.05, 4.69) is 5.32 Å². The summed E-state index contributed by atoms with van der Waals surface area (Å²) >= 11 is 0. The van der Waals surface area contributed by atoms with E-state index in [-0.39, 0.29) is 5.91 Å². The SMILES string of the molecule is NC(=O)c1cccc(CNC(=O)c2ccccc2)c1. The number of carbonyl (C=O) groups is 2. The van der Waals surface area contributed by atoms with E-state index in [0.717, 1.165) is 5.56 Å². The topological polar surface area (TPSA) is 72.2 Å². The maximum absolute atomic E-state index is 11.8. The zero-order chi connectivity index (χ0) is 13.7. The Morgan fingerprint density at radius 2 is 1.63 bits per heavy atom. The van der Waals surface area contributed by atoms with Crippen molar-refractivity contribution in [1.29, 1.82) is 0 Å². The molecule has 0 unspecified atom stereocenters. The van der Waals surface area contributed by atoms with Crippen LogP contribution in [0.25, 0.3) is 0 Å². The summed E-state index contributed by atoms with van der Waals surface area (Å²) in [5.74, 6) is -0.624. The van der Waals surface area contributed by atoms with E-state index in [1.165, 1.54) is 0 Å². The molecule has 4 nitrogen and oxygen atoms in total. The highest BCUT2D eigenvalue weighted by molar-refractivity contribution is 5.94. The Balaban J connectivity index is 2.01. The fraction of sp³-hybridized carbons (Fsp3) is 0.0667. The summed E-state index contributed by atoms with van der Waals surface area (Å²) in [5.41, 5.74) is 7.08. The van der Waals surface area contributed by atoms with Gasteiger partial charge in [-0.1, -0.05) is 30.3 Å². The summed E-state index contributed by atoms with van der Waals surface area (Å²) in [4.78, 5) is 22.9. The molecule has 0 fully saturated rings. The quantitative estimate of drug-likeness (QED) is 0.871. The first-order chi connectivity index (χ1) is 9.16. The van der Waals surface area contributed by atoms with E-state index >= 15 is 0 Å². The lowest BCUT2D eigenvalue weighted by Gasteiger charge is -2.06. The van der Waals surface area contributed by atoms with Gasteiger partial charge in [-0.05, 0) is 29.8 Å². The predicted molar refractivity (Wildman–Crippen MR) is 72.6 cm³/mol. The van der Waals surface area contributed by atoms with Crippen molar-refractivity contribution in [3.8, 4) is 0 Å². The number of rotatable bonds is 4. The molecule has 0 atom stereocenters. The highest BCUT2D eigenvalue weighted by Crippen LogP contribution is 2.05. The van der Waals surface area contributed by atoms with Gasteiger partial charge in [-0.15, -0.1) is 0 Å². The molecule has 19 heavy (non-hydrogen) atoms. The van der Waals surface area contributed by atoms with E-state index in [0.29, 0.717) is 17.7 Å². The summed E-state index contributed by atoms with van der Waals surface area (Å²) in [6, 6.07) is 15.9. The maximum atomic E-state index is 11.8. The number of nitrogens with one attached hydrogen (secondary N) is 1. The highest BCUT2D eigenvalue weighted by Gasteiger charge is 2.05. The Kier molecular flexibility index (Phi) is 3.93. The van der Waals surface area contributed by atoms with Crippen molar-refractivity contribution in [2.45, 2.75) is 6.54 Å². The zero-order valence-corrected chi connectivity index (χ0v) is 10.3. The fourth-order valence-electron chi connectivity index (χ4n) is 1.71. The molecule has 0 saturated heterocycles. The molecule has 2 aromatic carbocycles. The molecule has 0 aromatic heterocycles. The Labute approximate surface area is 111 Å². The van der Waals surface area contributed by atoms with E-state index in [1.807, 2.05) is 24.3 Å². The van der Waals surface area contributed by atoms with Crippen LogP contribution in [0.2, 0.25) is 0 Å². The van der Waals surface area contributed by atoms with Crippen molar-refractivity contribution in [3.05, 3.63) is 71.3 Å². The lowest BCUT2D eigenvalue weighted by atomic mass is 10.1. The van der Waals surface area contributed by atoms with E-state index in [9.17, 15) is 9.59 Å². The Morgan fingerprint density at radius 3 is 2.32 bits per heavy atom. The number of amides is 2. The van der Waals surface area contributed by atoms with Gasteiger partial charge in [-0.3, -0.25) is 9.59 Å². The Hall–Kier alpha value is -2.62. The van der Waals surface area contributed by atoms with Gasteiger partial charge < -0.3 is 11.1 Å². The van der Waals surface area contributed by atoms with Crippen LogP contribution in [-0.2, 0) is 6.54 Å². The number of nitrogens with two attached hydrogens (primary N) is 1. The molecular formula is C15H14N2O2. The summed E-state index contributed by atoms with van der Waals surface area (Å²) in [6.45, 7) is 0.356. The number of hydrogen-bond acceptors (Lipinski definition) is 2. The third-order valence-corrected chi connectivity index (χ3v) is 2.70. The lowest BCUT2D eigenvalue weighted by molar-refractivity contribution is 0.0950. The molecule has 0 aliphatic rings. The van der Waals surface area contributed by atoms with Gasteiger partial charge in [0.05, 0.1) is 0 Å². The number of benzene rings is 2.